The normalized spacial score (nSPS) is 17.7. The van der Waals surface area contributed by atoms with Gasteiger partial charge in [-0.15, -0.1) is 0 Å². The second kappa shape index (κ2) is 6.25. The molecular formula is C17H20BrNO. The fourth-order valence-electron chi connectivity index (χ4n) is 3.01. The molecular weight excluding hydrogens is 314 g/mol. The zero-order valence-electron chi connectivity index (χ0n) is 11.8. The molecule has 0 radical (unpaired) electrons. The number of fused-ring (bicyclic) bond motifs is 1. The first-order chi connectivity index (χ1) is 9.78. The Morgan fingerprint density at radius 3 is 2.50 bits per heavy atom. The topological polar surface area (TPSA) is 12.5 Å². The lowest BCUT2D eigenvalue weighted by Gasteiger charge is -2.31. The smallest absolute Gasteiger partial charge is 0.0595 e. The fourth-order valence-corrected chi connectivity index (χ4v) is 3.48. The summed E-state index contributed by atoms with van der Waals surface area (Å²) in [4.78, 5) is 2.53. The van der Waals surface area contributed by atoms with Gasteiger partial charge in [-0.25, -0.2) is 0 Å². The van der Waals surface area contributed by atoms with E-state index in [4.69, 9.17) is 4.74 Å². The standard InChI is InChI=1S/C17H20BrNO/c1-20-14-8-10-19(11-9-14)12-13-6-7-17(18)16-5-3-2-4-15(13)16/h2-7,14H,8-12H2,1H3. The van der Waals surface area contributed by atoms with Gasteiger partial charge in [0.05, 0.1) is 6.10 Å². The minimum Gasteiger partial charge on any atom is -0.381 e. The molecule has 1 fully saturated rings. The molecule has 1 aliphatic heterocycles. The molecule has 20 heavy (non-hydrogen) atoms. The summed E-state index contributed by atoms with van der Waals surface area (Å²) < 4.78 is 6.62. The Bertz CT molecular complexity index is 591. The molecule has 1 heterocycles. The van der Waals surface area contributed by atoms with Gasteiger partial charge < -0.3 is 4.74 Å². The lowest BCUT2D eigenvalue weighted by molar-refractivity contribution is 0.0390. The minimum atomic E-state index is 0.452. The summed E-state index contributed by atoms with van der Waals surface area (Å²) in [6.07, 6.45) is 2.74. The lowest BCUT2D eigenvalue weighted by atomic mass is 10.0. The fraction of sp³-hybridized carbons (Fsp3) is 0.412. The summed E-state index contributed by atoms with van der Waals surface area (Å²) in [6.45, 7) is 3.29. The van der Waals surface area contributed by atoms with Crippen LogP contribution in [-0.2, 0) is 11.3 Å². The maximum absolute atomic E-state index is 5.44. The van der Waals surface area contributed by atoms with Crippen molar-refractivity contribution in [3.8, 4) is 0 Å². The molecule has 2 nitrogen and oxygen atoms in total. The Kier molecular flexibility index (Phi) is 4.39. The van der Waals surface area contributed by atoms with Crippen LogP contribution in [0.4, 0.5) is 0 Å². The summed E-state index contributed by atoms with van der Waals surface area (Å²) in [6, 6.07) is 13.0. The summed E-state index contributed by atoms with van der Waals surface area (Å²) in [7, 11) is 1.82. The molecule has 1 saturated heterocycles. The van der Waals surface area contributed by atoms with Crippen LogP contribution in [0.2, 0.25) is 0 Å². The molecule has 0 N–H and O–H groups in total. The highest BCUT2D eigenvalue weighted by Gasteiger charge is 2.19. The average molecular weight is 334 g/mol. The third kappa shape index (κ3) is 2.90. The molecule has 0 aliphatic carbocycles. The van der Waals surface area contributed by atoms with Crippen LogP contribution in [-0.4, -0.2) is 31.2 Å². The number of hydrogen-bond acceptors (Lipinski definition) is 2. The quantitative estimate of drug-likeness (QED) is 0.834. The number of halogens is 1. The van der Waals surface area contributed by atoms with E-state index in [-0.39, 0.29) is 0 Å². The molecule has 0 spiro atoms. The van der Waals surface area contributed by atoms with Crippen LogP contribution in [0.3, 0.4) is 0 Å². The van der Waals surface area contributed by atoms with Crippen LogP contribution in [0.15, 0.2) is 40.9 Å². The third-order valence-electron chi connectivity index (χ3n) is 4.22. The van der Waals surface area contributed by atoms with E-state index in [0.29, 0.717) is 6.10 Å². The van der Waals surface area contributed by atoms with Gasteiger partial charge in [0.15, 0.2) is 0 Å². The van der Waals surface area contributed by atoms with Gasteiger partial charge >= 0.3 is 0 Å². The summed E-state index contributed by atoms with van der Waals surface area (Å²) in [5.41, 5.74) is 1.42. The van der Waals surface area contributed by atoms with E-state index in [1.807, 2.05) is 7.11 Å². The van der Waals surface area contributed by atoms with Gasteiger partial charge in [0.2, 0.25) is 0 Å². The van der Waals surface area contributed by atoms with Crippen molar-refractivity contribution in [2.75, 3.05) is 20.2 Å². The van der Waals surface area contributed by atoms with Gasteiger partial charge in [0.25, 0.3) is 0 Å². The van der Waals surface area contributed by atoms with Crippen LogP contribution in [0.5, 0.6) is 0 Å². The number of nitrogens with zero attached hydrogens (tertiary/aromatic N) is 1. The van der Waals surface area contributed by atoms with Gasteiger partial charge in [-0.1, -0.05) is 46.3 Å². The van der Waals surface area contributed by atoms with Crippen molar-refractivity contribution >= 4 is 26.7 Å². The van der Waals surface area contributed by atoms with E-state index in [1.165, 1.54) is 20.8 Å². The predicted octanol–water partition coefficient (Wildman–Crippen LogP) is 4.21. The molecule has 2 aromatic carbocycles. The largest absolute Gasteiger partial charge is 0.381 e. The average Bonchev–Trinajstić information content (AvgIpc) is 2.51. The first-order valence-electron chi connectivity index (χ1n) is 7.19. The molecule has 0 saturated carbocycles. The summed E-state index contributed by atoms with van der Waals surface area (Å²) in [5.74, 6) is 0. The Morgan fingerprint density at radius 2 is 1.80 bits per heavy atom. The van der Waals surface area contributed by atoms with Gasteiger partial charge in [-0.05, 0) is 35.2 Å². The van der Waals surface area contributed by atoms with Crippen molar-refractivity contribution in [1.82, 2.24) is 4.90 Å². The number of methoxy groups -OCH3 is 1. The first kappa shape index (κ1) is 14.1. The molecule has 0 amide bonds. The van der Waals surface area contributed by atoms with Gasteiger partial charge in [0, 0.05) is 31.2 Å². The van der Waals surface area contributed by atoms with Gasteiger partial charge in [-0.3, -0.25) is 4.90 Å². The molecule has 3 rings (SSSR count). The molecule has 2 aromatic rings. The van der Waals surface area contributed by atoms with Crippen molar-refractivity contribution in [3.63, 3.8) is 0 Å². The Morgan fingerprint density at radius 1 is 1.10 bits per heavy atom. The molecule has 0 unspecified atom stereocenters. The summed E-state index contributed by atoms with van der Waals surface area (Å²) >= 11 is 3.64. The van der Waals surface area contributed by atoms with Crippen molar-refractivity contribution in [2.24, 2.45) is 0 Å². The maximum atomic E-state index is 5.44. The number of likely N-dealkylation sites (tertiary alicyclic amines) is 1. The van der Waals surface area contributed by atoms with E-state index in [0.717, 1.165) is 32.5 Å². The summed E-state index contributed by atoms with van der Waals surface area (Å²) in [5, 5.41) is 2.66. The lowest BCUT2D eigenvalue weighted by Crippen LogP contribution is -2.36. The second-order valence-corrected chi connectivity index (χ2v) is 6.32. The number of hydrogen-bond donors (Lipinski definition) is 0. The van der Waals surface area contributed by atoms with Crippen LogP contribution in [0, 0.1) is 0 Å². The van der Waals surface area contributed by atoms with E-state index < -0.39 is 0 Å². The highest BCUT2D eigenvalue weighted by Crippen LogP contribution is 2.28. The number of ether oxygens (including phenoxy) is 1. The van der Waals surface area contributed by atoms with Crippen molar-refractivity contribution in [1.29, 1.82) is 0 Å². The van der Waals surface area contributed by atoms with Crippen LogP contribution in [0.25, 0.3) is 10.8 Å². The molecule has 106 valence electrons. The molecule has 0 atom stereocenters. The van der Waals surface area contributed by atoms with E-state index in [1.54, 1.807) is 0 Å². The first-order valence-corrected chi connectivity index (χ1v) is 7.98. The molecule has 0 aromatic heterocycles. The molecule has 1 aliphatic rings. The van der Waals surface area contributed by atoms with Gasteiger partial charge in [-0.2, -0.15) is 0 Å². The van der Waals surface area contributed by atoms with Crippen molar-refractivity contribution < 1.29 is 4.74 Å². The predicted molar refractivity (Wildman–Crippen MR) is 87.0 cm³/mol. The Hall–Kier alpha value is -0.900. The zero-order chi connectivity index (χ0) is 13.9. The van der Waals surface area contributed by atoms with Crippen LogP contribution < -0.4 is 0 Å². The zero-order valence-corrected chi connectivity index (χ0v) is 13.4. The highest BCUT2D eigenvalue weighted by molar-refractivity contribution is 9.10. The highest BCUT2D eigenvalue weighted by atomic mass is 79.9. The molecule has 0 bridgehead atoms. The van der Waals surface area contributed by atoms with Crippen molar-refractivity contribution in [3.05, 3.63) is 46.4 Å². The Labute approximate surface area is 128 Å². The monoisotopic (exact) mass is 333 g/mol. The van der Waals surface area contributed by atoms with Crippen molar-refractivity contribution in [2.45, 2.75) is 25.5 Å². The Balaban J connectivity index is 1.80. The van der Waals surface area contributed by atoms with E-state index in [9.17, 15) is 0 Å². The van der Waals surface area contributed by atoms with Crippen LogP contribution >= 0.6 is 15.9 Å². The number of rotatable bonds is 3. The third-order valence-corrected chi connectivity index (χ3v) is 4.91. The number of piperidine rings is 1. The number of benzene rings is 2. The SMILES string of the molecule is COC1CCN(Cc2ccc(Br)c3ccccc23)CC1. The maximum Gasteiger partial charge on any atom is 0.0595 e. The minimum absolute atomic E-state index is 0.452. The second-order valence-electron chi connectivity index (χ2n) is 5.46. The van der Waals surface area contributed by atoms with E-state index >= 15 is 0 Å². The van der Waals surface area contributed by atoms with Gasteiger partial charge in [0.1, 0.15) is 0 Å². The van der Waals surface area contributed by atoms with Crippen LogP contribution in [0.1, 0.15) is 18.4 Å². The molecule has 3 heteroatoms. The van der Waals surface area contributed by atoms with E-state index in [2.05, 4.69) is 57.2 Å².